The van der Waals surface area contributed by atoms with Crippen molar-refractivity contribution in [1.29, 1.82) is 0 Å². The Hall–Kier alpha value is -6.85. The maximum atomic E-state index is 12.0. The Morgan fingerprint density at radius 2 is 0.456 bits per heavy atom. The van der Waals surface area contributed by atoms with Gasteiger partial charge in [0.1, 0.15) is 0 Å². The second kappa shape index (κ2) is 47.6. The molecule has 1 aliphatic rings. The van der Waals surface area contributed by atoms with E-state index in [2.05, 4.69) is 238 Å². The summed E-state index contributed by atoms with van der Waals surface area (Å²) in [6.45, 7) is 85.9. The fourth-order valence-corrected chi connectivity index (χ4v) is 11.1. The Morgan fingerprint density at radius 3 is 0.573 bits per heavy atom. The van der Waals surface area contributed by atoms with Crippen molar-refractivity contribution in [3.63, 3.8) is 0 Å². The zero-order valence-corrected chi connectivity index (χ0v) is 69.6. The average Bonchev–Trinajstić information content (AvgIpc) is 0.804. The zero-order valence-electron chi connectivity index (χ0n) is 67.6. The standard InChI is InChI=1S/2C28H40N2.C14H22O2.C14H20O2.4CO.CH4.2Ni/c2*1-17(2)23-13-11-14-24(18(3)4)27(23)29-21(9)22(10)30-28-25(19(5)6)15-12-16-26(28)20(7)8;2*1-13(2,3)9-7-8-10(14(4,5)6)12(16)11(9)15;4*1-2;;;/h2*11-20H,1-10H3;7-8,15-16H,1-6H3;7-8H,1-6H3;;;;;1H4;;. The van der Waals surface area contributed by atoms with E-state index < -0.39 is 0 Å². The van der Waals surface area contributed by atoms with Gasteiger partial charge < -0.3 is 10.2 Å². The number of hydrogen-bond donors (Lipinski definition) is 2. The quantitative estimate of drug-likeness (QED) is 0.0212. The molecule has 0 atom stereocenters. The number of ketones is 2. The molecule has 0 heterocycles. The molecule has 0 radical (unpaired) electrons. The zero-order chi connectivity index (χ0) is 78.6. The van der Waals surface area contributed by atoms with Crippen LogP contribution < -0.4 is 0 Å². The average molecular weight is 1500 g/mol. The van der Waals surface area contributed by atoms with E-state index in [1.54, 1.807) is 12.2 Å². The summed E-state index contributed by atoms with van der Waals surface area (Å²) in [5.74, 6) is 2.79. The third-order valence-electron chi connectivity index (χ3n) is 17.0. The number of Topliss-reactive ketones (excluding diaryl/α,β-unsaturated/α-hetero) is 2. The van der Waals surface area contributed by atoms with Gasteiger partial charge in [-0.05, 0) is 141 Å². The molecule has 0 fully saturated rings. The predicted octanol–water partition coefficient (Wildman–Crippen LogP) is 25.4. The molecule has 5 aromatic rings. The minimum atomic E-state index is -0.347. The number of allylic oxidation sites excluding steroid dienone is 4. The van der Waals surface area contributed by atoms with Gasteiger partial charge in [0.05, 0.1) is 45.6 Å². The third kappa shape index (κ3) is 31.0. The summed E-state index contributed by atoms with van der Waals surface area (Å²) in [5, 5.41) is 20.1. The number of carbonyl (C=O) groups excluding carboxylic acids is 2. The van der Waals surface area contributed by atoms with Crippen LogP contribution in [0, 0.1) is 37.4 Å². The van der Waals surface area contributed by atoms with Crippen LogP contribution in [-0.2, 0) is 72.0 Å². The van der Waals surface area contributed by atoms with Crippen molar-refractivity contribution in [2.45, 2.75) is 287 Å². The molecule has 6 rings (SSSR count). The van der Waals surface area contributed by atoms with Gasteiger partial charge in [-0.15, -0.1) is 0 Å². The van der Waals surface area contributed by atoms with E-state index in [1.165, 1.54) is 44.5 Å². The molecule has 1 aliphatic carbocycles. The van der Waals surface area contributed by atoms with Crippen LogP contribution in [0.25, 0.3) is 0 Å². The minimum Gasteiger partial charge on any atom is 0 e. The molecule has 0 bridgehead atoms. The molecule has 12 nitrogen and oxygen atoms in total. The van der Waals surface area contributed by atoms with E-state index >= 15 is 0 Å². The summed E-state index contributed by atoms with van der Waals surface area (Å²) in [4.78, 5) is 44.5. The SMILES string of the molecule is C.CC(=Nc1c(C(C)C)cccc1C(C)C)C(C)=Nc1c(C(C)C)cccc1C(C)C.CC(=Nc1c(C(C)C)cccc1C(C)C)C(C)=Nc1c(C(C)C)cccc1C(C)C.CC(C)(C)C1=CC=C(C(C)(C)C)C(=O)C1=O.CC(C)(C)c1ccc(C(C)(C)C)c(O)c1O.[C-]#[O+].[C-]#[O+].[C-]#[O+].[C-]#[O+].[Ni].[Ni]. The van der Waals surface area contributed by atoms with Gasteiger partial charge in [0.2, 0.25) is 11.6 Å². The maximum Gasteiger partial charge on any atom is 0 e. The molecule has 0 aliphatic heterocycles. The largest absolute Gasteiger partial charge is 0 e. The van der Waals surface area contributed by atoms with Gasteiger partial charge in [0.25, 0.3) is 0 Å². The number of aliphatic imine (C=N–C) groups is 4. The summed E-state index contributed by atoms with van der Waals surface area (Å²) < 4.78 is 30.0. The number of hydrogen-bond acceptors (Lipinski definition) is 8. The first kappa shape index (κ1) is 105. The Labute approximate surface area is 644 Å². The summed E-state index contributed by atoms with van der Waals surface area (Å²) in [7, 11) is 0. The van der Waals surface area contributed by atoms with Gasteiger partial charge in [0.15, 0.2) is 11.5 Å². The van der Waals surface area contributed by atoms with Crippen molar-refractivity contribution in [1.82, 2.24) is 0 Å². The molecule has 0 amide bonds. The van der Waals surface area contributed by atoms with Crippen LogP contribution in [0.5, 0.6) is 11.5 Å². The molecule has 0 spiro atoms. The Bertz CT molecular complexity index is 3270. The molecule has 570 valence electrons. The first-order valence-corrected chi connectivity index (χ1v) is 34.8. The molecule has 0 aromatic heterocycles. The monoisotopic (exact) mass is 1490 g/mol. The van der Waals surface area contributed by atoms with Crippen molar-refractivity contribution in [2.24, 2.45) is 30.8 Å². The summed E-state index contributed by atoms with van der Waals surface area (Å²) in [6.07, 6.45) is 3.59. The summed E-state index contributed by atoms with van der Waals surface area (Å²) >= 11 is 0. The van der Waals surface area contributed by atoms with Crippen molar-refractivity contribution in [2.75, 3.05) is 0 Å². The van der Waals surface area contributed by atoms with Crippen molar-refractivity contribution < 1.29 is 71.4 Å². The number of rotatable bonds is 14. The molecule has 2 N–H and O–H groups in total. The van der Waals surface area contributed by atoms with Crippen molar-refractivity contribution >= 4 is 57.2 Å². The van der Waals surface area contributed by atoms with E-state index in [-0.39, 0.29) is 85.1 Å². The van der Waals surface area contributed by atoms with E-state index in [0.29, 0.717) is 58.5 Å². The van der Waals surface area contributed by atoms with Crippen LogP contribution in [0.2, 0.25) is 0 Å². The van der Waals surface area contributed by atoms with Crippen LogP contribution in [0.15, 0.2) is 128 Å². The molecule has 103 heavy (non-hydrogen) atoms. The summed E-state index contributed by atoms with van der Waals surface area (Å²) in [5.41, 5.74) is 20.7. The Balaban J connectivity index is -0.000000411. The second-order valence-electron chi connectivity index (χ2n) is 31.8. The van der Waals surface area contributed by atoms with Crippen LogP contribution in [0.3, 0.4) is 0 Å². The van der Waals surface area contributed by atoms with Gasteiger partial charge in [0, 0.05) is 55.3 Å². The Morgan fingerprint density at radius 1 is 0.311 bits per heavy atom. The molecule has 0 saturated heterocycles. The number of carbonyl (C=O) groups is 2. The van der Waals surface area contributed by atoms with Gasteiger partial charge in [-0.2, -0.15) is 0 Å². The number of benzene rings is 5. The normalized spacial score (nSPS) is 12.7. The number of phenolic OH excluding ortho intramolecular Hbond substituents is 2. The molecular weight excluding hydrogens is 1370 g/mol. The predicted molar refractivity (Wildman–Crippen MR) is 424 cm³/mol. The van der Waals surface area contributed by atoms with Crippen LogP contribution in [0.4, 0.5) is 22.7 Å². The molecule has 14 heteroatoms. The maximum absolute atomic E-state index is 12.0. The number of phenols is 2. The first-order chi connectivity index (χ1) is 46.2. The summed E-state index contributed by atoms with van der Waals surface area (Å²) in [6, 6.07) is 30.1. The van der Waals surface area contributed by atoms with Gasteiger partial charge >= 0.3 is 45.2 Å². The van der Waals surface area contributed by atoms with Crippen LogP contribution in [0.1, 0.15) is 332 Å². The molecule has 0 saturated carbocycles. The van der Waals surface area contributed by atoms with E-state index in [0.717, 1.165) is 56.7 Å². The van der Waals surface area contributed by atoms with Crippen molar-refractivity contribution in [3.05, 3.63) is 190 Å². The number of aromatic hydroxyl groups is 2. The molecular formula is C89H126N4Ni2O8. The van der Waals surface area contributed by atoms with Gasteiger partial charge in [-0.1, -0.05) is 298 Å². The topological polar surface area (TPSA) is 204 Å². The van der Waals surface area contributed by atoms with Crippen molar-refractivity contribution in [3.8, 4) is 11.5 Å². The van der Waals surface area contributed by atoms with Gasteiger partial charge in [-0.3, -0.25) is 29.6 Å². The fraction of sp³-hybridized carbons (Fsp3) is 0.506. The smallest absolute Gasteiger partial charge is 0 e. The number of nitrogens with zero attached hydrogens (tertiary/aromatic N) is 4. The Kier molecular flexibility index (Phi) is 48.4. The van der Waals surface area contributed by atoms with Crippen LogP contribution in [-0.4, -0.2) is 44.6 Å². The third-order valence-corrected chi connectivity index (χ3v) is 17.0. The molecule has 0 unspecified atom stereocenters. The minimum absolute atomic E-state index is 0. The van der Waals surface area contributed by atoms with E-state index in [9.17, 15) is 19.8 Å². The van der Waals surface area contributed by atoms with E-state index in [1.807, 2.05) is 95.2 Å². The van der Waals surface area contributed by atoms with E-state index in [4.69, 9.17) is 38.6 Å². The second-order valence-corrected chi connectivity index (χ2v) is 31.8. The van der Waals surface area contributed by atoms with Crippen LogP contribution >= 0.6 is 0 Å². The fourth-order valence-electron chi connectivity index (χ4n) is 11.1. The number of para-hydroxylation sites is 4. The first-order valence-electron chi connectivity index (χ1n) is 34.8. The molecule has 5 aromatic carbocycles. The van der Waals surface area contributed by atoms with Gasteiger partial charge in [-0.25, -0.2) is 0 Å².